The number of ether oxygens (including phenoxy) is 2. The van der Waals surface area contributed by atoms with Crippen molar-refractivity contribution in [3.05, 3.63) is 64.2 Å². The molecule has 1 aliphatic heterocycles. The Bertz CT molecular complexity index is 675. The van der Waals surface area contributed by atoms with Gasteiger partial charge in [0, 0.05) is 29.5 Å². The van der Waals surface area contributed by atoms with E-state index in [1.54, 1.807) is 12.1 Å². The third kappa shape index (κ3) is 4.04. The molecule has 1 aliphatic rings. The molecule has 0 fully saturated rings. The molecule has 0 amide bonds. The molecule has 24 heavy (non-hydrogen) atoms. The van der Waals surface area contributed by atoms with E-state index in [2.05, 4.69) is 4.74 Å². The maximum Gasteiger partial charge on any atom is 0.165 e. The summed E-state index contributed by atoms with van der Waals surface area (Å²) < 4.78 is 37.5. The highest BCUT2D eigenvalue weighted by Gasteiger charge is 2.33. The first-order valence-electron chi connectivity index (χ1n) is 7.45. The van der Waals surface area contributed by atoms with Crippen molar-refractivity contribution in [2.24, 2.45) is 5.92 Å². The molecule has 130 valence electrons. The van der Waals surface area contributed by atoms with Gasteiger partial charge in [-0.15, -0.1) is 0 Å². The maximum atomic E-state index is 14.2. The Kier molecular flexibility index (Phi) is 6.54. The molecule has 0 radical (unpaired) electrons. The molecule has 3 nitrogen and oxygen atoms in total. The van der Waals surface area contributed by atoms with Gasteiger partial charge >= 0.3 is 0 Å². The van der Waals surface area contributed by atoms with E-state index in [9.17, 15) is 8.78 Å². The zero-order chi connectivity index (χ0) is 17.7. The highest BCUT2D eigenvalue weighted by Crippen LogP contribution is 2.43. The SMILES string of the molecule is COCO.C[C@H]1COc2c(F)ccc(F)c2C1c1ccc(Cl)cc1. The second-order valence-corrected chi connectivity index (χ2v) is 5.94. The number of aliphatic hydroxyl groups is 1. The van der Waals surface area contributed by atoms with E-state index in [4.69, 9.17) is 21.4 Å². The van der Waals surface area contributed by atoms with Gasteiger partial charge in [-0.05, 0) is 29.8 Å². The summed E-state index contributed by atoms with van der Waals surface area (Å²) in [5, 5.41) is 8.27. The summed E-state index contributed by atoms with van der Waals surface area (Å²) in [6, 6.07) is 9.47. The van der Waals surface area contributed by atoms with E-state index in [0.717, 1.165) is 17.7 Å². The van der Waals surface area contributed by atoms with Gasteiger partial charge in [0.1, 0.15) is 12.6 Å². The van der Waals surface area contributed by atoms with Crippen molar-refractivity contribution in [2.75, 3.05) is 20.5 Å². The standard InChI is InChI=1S/C16H13ClF2O.C2H6O2/c1-9-8-20-16-13(19)7-6-12(18)15(16)14(9)10-2-4-11(17)5-3-10;1-4-2-3/h2-7,9,14H,8H2,1H3;3H,2H2,1H3/t9-,14?;/m0./s1. The van der Waals surface area contributed by atoms with E-state index in [1.807, 2.05) is 19.1 Å². The van der Waals surface area contributed by atoms with Gasteiger partial charge in [0.15, 0.2) is 11.6 Å². The quantitative estimate of drug-likeness (QED) is 0.812. The third-order valence-electron chi connectivity index (χ3n) is 3.82. The number of hydrogen-bond donors (Lipinski definition) is 1. The minimum absolute atomic E-state index is 0.0306. The number of halogens is 3. The monoisotopic (exact) mass is 356 g/mol. The summed E-state index contributed by atoms with van der Waals surface area (Å²) in [5.74, 6) is -1.10. The second kappa shape index (κ2) is 8.42. The van der Waals surface area contributed by atoms with Crippen molar-refractivity contribution in [2.45, 2.75) is 12.8 Å². The number of methoxy groups -OCH3 is 1. The van der Waals surface area contributed by atoms with Crippen molar-refractivity contribution >= 4 is 11.6 Å². The maximum absolute atomic E-state index is 14.2. The predicted molar refractivity (Wildman–Crippen MR) is 88.4 cm³/mol. The van der Waals surface area contributed by atoms with E-state index < -0.39 is 11.6 Å². The lowest BCUT2D eigenvalue weighted by atomic mass is 9.80. The van der Waals surface area contributed by atoms with Crippen molar-refractivity contribution in [1.82, 2.24) is 0 Å². The van der Waals surface area contributed by atoms with E-state index in [0.29, 0.717) is 17.2 Å². The van der Waals surface area contributed by atoms with Crippen LogP contribution in [0.3, 0.4) is 0 Å². The van der Waals surface area contributed by atoms with Crippen LogP contribution in [-0.4, -0.2) is 25.6 Å². The van der Waals surface area contributed by atoms with Crippen LogP contribution in [0.2, 0.25) is 5.02 Å². The van der Waals surface area contributed by atoms with Crippen LogP contribution in [0.1, 0.15) is 24.0 Å². The second-order valence-electron chi connectivity index (χ2n) is 5.51. The molecule has 0 aromatic heterocycles. The highest BCUT2D eigenvalue weighted by molar-refractivity contribution is 6.30. The Morgan fingerprint density at radius 2 is 1.75 bits per heavy atom. The number of aliphatic hydroxyl groups excluding tert-OH is 1. The van der Waals surface area contributed by atoms with E-state index in [1.165, 1.54) is 7.11 Å². The van der Waals surface area contributed by atoms with Gasteiger partial charge in [-0.1, -0.05) is 30.7 Å². The van der Waals surface area contributed by atoms with Crippen LogP contribution in [0.4, 0.5) is 8.78 Å². The zero-order valence-corrected chi connectivity index (χ0v) is 14.2. The zero-order valence-electron chi connectivity index (χ0n) is 13.4. The van der Waals surface area contributed by atoms with Crippen molar-refractivity contribution < 1.29 is 23.4 Å². The number of benzene rings is 2. The van der Waals surface area contributed by atoms with Crippen molar-refractivity contribution in [3.63, 3.8) is 0 Å². The van der Waals surface area contributed by atoms with Gasteiger partial charge in [0.25, 0.3) is 0 Å². The van der Waals surface area contributed by atoms with Gasteiger partial charge < -0.3 is 14.6 Å². The Labute approximate surface area is 144 Å². The van der Waals surface area contributed by atoms with E-state index in [-0.39, 0.29) is 24.4 Å². The minimum Gasteiger partial charge on any atom is -0.490 e. The molecule has 1 unspecified atom stereocenters. The van der Waals surface area contributed by atoms with Crippen LogP contribution >= 0.6 is 11.6 Å². The lowest BCUT2D eigenvalue weighted by Crippen LogP contribution is -2.26. The first-order chi connectivity index (χ1) is 11.5. The van der Waals surface area contributed by atoms with Gasteiger partial charge in [-0.2, -0.15) is 0 Å². The van der Waals surface area contributed by atoms with Crippen LogP contribution in [0.5, 0.6) is 5.75 Å². The molecular weight excluding hydrogens is 338 g/mol. The Morgan fingerprint density at radius 3 is 2.33 bits per heavy atom. The van der Waals surface area contributed by atoms with Gasteiger partial charge in [-0.3, -0.25) is 0 Å². The fourth-order valence-corrected chi connectivity index (χ4v) is 2.87. The first-order valence-corrected chi connectivity index (χ1v) is 7.83. The van der Waals surface area contributed by atoms with Gasteiger partial charge in [0.05, 0.1) is 6.61 Å². The number of hydrogen-bond acceptors (Lipinski definition) is 3. The fourth-order valence-electron chi connectivity index (χ4n) is 2.75. The molecule has 0 bridgehead atoms. The normalized spacial score (nSPS) is 18.9. The predicted octanol–water partition coefficient (Wildman–Crippen LogP) is 4.36. The average molecular weight is 357 g/mol. The highest BCUT2D eigenvalue weighted by atomic mass is 35.5. The molecule has 2 aromatic carbocycles. The molecule has 1 N–H and O–H groups in total. The third-order valence-corrected chi connectivity index (χ3v) is 4.08. The van der Waals surface area contributed by atoms with Gasteiger partial charge in [-0.25, -0.2) is 8.78 Å². The summed E-state index contributed by atoms with van der Waals surface area (Å²) >= 11 is 5.88. The van der Waals surface area contributed by atoms with Crippen LogP contribution in [0.25, 0.3) is 0 Å². The summed E-state index contributed by atoms with van der Waals surface area (Å²) in [6.07, 6.45) is 0. The molecule has 2 aromatic rings. The average Bonchev–Trinajstić information content (AvgIpc) is 2.59. The molecular formula is C18H19ClF2O3. The van der Waals surface area contributed by atoms with Crippen LogP contribution in [0, 0.1) is 17.6 Å². The summed E-state index contributed by atoms with van der Waals surface area (Å²) in [7, 11) is 1.43. The molecule has 3 rings (SSSR count). The summed E-state index contributed by atoms with van der Waals surface area (Å²) in [5.41, 5.74) is 1.21. The fraction of sp³-hybridized carbons (Fsp3) is 0.333. The summed E-state index contributed by atoms with van der Waals surface area (Å²) in [4.78, 5) is 0. The number of rotatable bonds is 2. The lowest BCUT2D eigenvalue weighted by molar-refractivity contribution is 0.0325. The molecule has 2 atom stereocenters. The van der Waals surface area contributed by atoms with Crippen LogP contribution in [-0.2, 0) is 4.74 Å². The lowest BCUT2D eigenvalue weighted by Gasteiger charge is -2.32. The van der Waals surface area contributed by atoms with Crippen molar-refractivity contribution in [1.29, 1.82) is 0 Å². The number of fused-ring (bicyclic) bond motifs is 1. The van der Waals surface area contributed by atoms with Gasteiger partial charge in [0.2, 0.25) is 0 Å². The Balaban J connectivity index is 0.000000471. The molecule has 6 heteroatoms. The molecule has 1 heterocycles. The summed E-state index contributed by atoms with van der Waals surface area (Å²) in [6.45, 7) is 2.15. The van der Waals surface area contributed by atoms with Crippen LogP contribution in [0.15, 0.2) is 36.4 Å². The Morgan fingerprint density at radius 1 is 1.17 bits per heavy atom. The molecule has 0 aliphatic carbocycles. The Hall–Kier alpha value is -1.69. The van der Waals surface area contributed by atoms with Crippen LogP contribution < -0.4 is 4.74 Å². The smallest absolute Gasteiger partial charge is 0.165 e. The largest absolute Gasteiger partial charge is 0.490 e. The van der Waals surface area contributed by atoms with E-state index >= 15 is 0 Å². The van der Waals surface area contributed by atoms with Crippen molar-refractivity contribution in [3.8, 4) is 5.75 Å². The molecule has 0 saturated heterocycles. The molecule has 0 saturated carbocycles. The first kappa shape index (κ1) is 18.6. The minimum atomic E-state index is -0.521. The topological polar surface area (TPSA) is 38.7 Å². The molecule has 0 spiro atoms.